The van der Waals surface area contributed by atoms with E-state index in [1.165, 1.54) is 37.5 Å². The van der Waals surface area contributed by atoms with Crippen molar-refractivity contribution in [2.45, 2.75) is 45.1 Å². The van der Waals surface area contributed by atoms with Gasteiger partial charge in [-0.2, -0.15) is 0 Å². The molecule has 0 aromatic heterocycles. The highest BCUT2D eigenvalue weighted by Gasteiger charge is 2.25. The van der Waals surface area contributed by atoms with Gasteiger partial charge in [0.15, 0.2) is 6.10 Å². The number of halogens is 1. The highest BCUT2D eigenvalue weighted by atomic mass is 35.5. The number of amides is 1. The van der Waals surface area contributed by atoms with E-state index >= 15 is 0 Å². The molecule has 1 aliphatic rings. The Morgan fingerprint density at radius 3 is 2.81 bits per heavy atom. The van der Waals surface area contributed by atoms with Gasteiger partial charge in [-0.1, -0.05) is 23.3 Å². The summed E-state index contributed by atoms with van der Waals surface area (Å²) in [5.41, 5.74) is 0.628. The number of ether oxygens (including phenoxy) is 1. The first-order valence-corrected chi connectivity index (χ1v) is 8.87. The third-order valence-corrected chi connectivity index (χ3v) is 4.39. The van der Waals surface area contributed by atoms with Gasteiger partial charge in [0.25, 0.3) is 11.6 Å². The Morgan fingerprint density at radius 2 is 2.15 bits per heavy atom. The molecule has 1 amide bonds. The lowest BCUT2D eigenvalue weighted by molar-refractivity contribution is -0.385. The summed E-state index contributed by atoms with van der Waals surface area (Å²) in [5, 5.41) is 13.9. The normalized spacial score (nSPS) is 14.9. The SMILES string of the molecule is C[C@@H](OC(=O)c1ccc(Cl)cc1[N+](=O)[O-])C(=O)NCCC1=CCCCC1. The molecule has 0 fully saturated rings. The van der Waals surface area contributed by atoms with E-state index in [2.05, 4.69) is 11.4 Å². The van der Waals surface area contributed by atoms with Crippen LogP contribution in [-0.2, 0) is 9.53 Å². The molecule has 1 N–H and O–H groups in total. The molecule has 0 aliphatic heterocycles. The molecular formula is C18H21ClN2O5. The van der Waals surface area contributed by atoms with Crippen molar-refractivity contribution in [3.05, 3.63) is 50.5 Å². The van der Waals surface area contributed by atoms with Crippen molar-refractivity contribution >= 4 is 29.2 Å². The van der Waals surface area contributed by atoms with Crippen LogP contribution < -0.4 is 5.32 Å². The van der Waals surface area contributed by atoms with Crippen LogP contribution in [0.3, 0.4) is 0 Å². The predicted molar refractivity (Wildman–Crippen MR) is 97.2 cm³/mol. The highest BCUT2D eigenvalue weighted by molar-refractivity contribution is 6.31. The second kappa shape index (κ2) is 9.33. The fourth-order valence-corrected chi connectivity index (χ4v) is 2.89. The number of allylic oxidation sites excluding steroid dienone is 1. The quantitative estimate of drug-likeness (QED) is 0.335. The van der Waals surface area contributed by atoms with Crippen molar-refractivity contribution in [2.24, 2.45) is 0 Å². The van der Waals surface area contributed by atoms with Crippen LogP contribution >= 0.6 is 11.6 Å². The number of nitrogens with zero attached hydrogens (tertiary/aromatic N) is 1. The topological polar surface area (TPSA) is 98.5 Å². The largest absolute Gasteiger partial charge is 0.449 e. The molecule has 0 saturated carbocycles. The Bertz CT molecular complexity index is 732. The van der Waals surface area contributed by atoms with E-state index in [4.69, 9.17) is 16.3 Å². The number of carbonyl (C=O) groups excluding carboxylic acids is 2. The van der Waals surface area contributed by atoms with Gasteiger partial charge in [0.2, 0.25) is 0 Å². The maximum atomic E-state index is 12.2. The average Bonchev–Trinajstić information content (AvgIpc) is 2.62. The van der Waals surface area contributed by atoms with Gasteiger partial charge < -0.3 is 10.1 Å². The summed E-state index contributed by atoms with van der Waals surface area (Å²) in [5.74, 6) is -1.38. The fraction of sp³-hybridized carbons (Fsp3) is 0.444. The third kappa shape index (κ3) is 5.56. The number of benzene rings is 1. The number of carbonyl (C=O) groups is 2. The Morgan fingerprint density at radius 1 is 1.38 bits per heavy atom. The minimum Gasteiger partial charge on any atom is -0.449 e. The van der Waals surface area contributed by atoms with Gasteiger partial charge in [0.05, 0.1) is 4.92 Å². The molecule has 0 bridgehead atoms. The van der Waals surface area contributed by atoms with E-state index in [0.717, 1.165) is 25.3 Å². The number of hydrogen-bond acceptors (Lipinski definition) is 5. The van der Waals surface area contributed by atoms with Gasteiger partial charge >= 0.3 is 5.97 Å². The summed E-state index contributed by atoms with van der Waals surface area (Å²) in [7, 11) is 0. The van der Waals surface area contributed by atoms with Gasteiger partial charge in [-0.05, 0) is 51.2 Å². The molecule has 0 radical (unpaired) electrons. The summed E-state index contributed by atoms with van der Waals surface area (Å²) < 4.78 is 5.06. The highest BCUT2D eigenvalue weighted by Crippen LogP contribution is 2.24. The van der Waals surface area contributed by atoms with Crippen molar-refractivity contribution in [1.82, 2.24) is 5.32 Å². The van der Waals surface area contributed by atoms with Gasteiger partial charge in [-0.15, -0.1) is 0 Å². The van der Waals surface area contributed by atoms with Crippen molar-refractivity contribution in [3.63, 3.8) is 0 Å². The van der Waals surface area contributed by atoms with Crippen LogP contribution in [0.4, 0.5) is 5.69 Å². The smallest absolute Gasteiger partial charge is 0.345 e. The van der Waals surface area contributed by atoms with Gasteiger partial charge in [-0.3, -0.25) is 14.9 Å². The molecule has 2 rings (SSSR count). The number of nitro groups is 1. The van der Waals surface area contributed by atoms with Crippen molar-refractivity contribution in [3.8, 4) is 0 Å². The van der Waals surface area contributed by atoms with E-state index in [0.29, 0.717) is 6.54 Å². The third-order valence-electron chi connectivity index (χ3n) is 4.16. The minimum absolute atomic E-state index is 0.135. The van der Waals surface area contributed by atoms with Gasteiger partial charge in [-0.25, -0.2) is 4.79 Å². The molecule has 0 heterocycles. The standard InChI is InChI=1S/C18H21ClN2O5/c1-12(17(22)20-10-9-13-5-3-2-4-6-13)26-18(23)15-8-7-14(19)11-16(15)21(24)25/h5,7-8,11-12H,2-4,6,9-10H2,1H3,(H,20,22)/t12-/m1/s1. The number of hydrogen-bond donors (Lipinski definition) is 1. The Labute approximate surface area is 156 Å². The first kappa shape index (κ1) is 19.9. The number of rotatable bonds is 7. The summed E-state index contributed by atoms with van der Waals surface area (Å²) in [6.45, 7) is 1.89. The lowest BCUT2D eigenvalue weighted by Gasteiger charge is -2.15. The number of nitrogens with one attached hydrogen (secondary N) is 1. The van der Waals surface area contributed by atoms with E-state index in [1.54, 1.807) is 0 Å². The van der Waals surface area contributed by atoms with Crippen LogP contribution in [-0.4, -0.2) is 29.4 Å². The van der Waals surface area contributed by atoms with Crippen LogP contribution in [0.1, 0.15) is 49.4 Å². The summed E-state index contributed by atoms with van der Waals surface area (Å²) in [4.78, 5) is 34.5. The number of nitro benzene ring substituents is 1. The van der Waals surface area contributed by atoms with Crippen LogP contribution in [0.2, 0.25) is 5.02 Å². The van der Waals surface area contributed by atoms with E-state index < -0.39 is 28.6 Å². The van der Waals surface area contributed by atoms with Crippen molar-refractivity contribution in [2.75, 3.05) is 6.54 Å². The van der Waals surface area contributed by atoms with E-state index in [1.807, 2.05) is 0 Å². The molecule has 7 nitrogen and oxygen atoms in total. The zero-order valence-electron chi connectivity index (χ0n) is 14.5. The second-order valence-corrected chi connectivity index (χ2v) is 6.55. The van der Waals surface area contributed by atoms with Crippen LogP contribution in [0, 0.1) is 10.1 Å². The molecule has 0 spiro atoms. The average molecular weight is 381 g/mol. The van der Waals surface area contributed by atoms with Crippen LogP contribution in [0.5, 0.6) is 0 Å². The number of esters is 1. The van der Waals surface area contributed by atoms with Crippen LogP contribution in [0.15, 0.2) is 29.8 Å². The first-order valence-electron chi connectivity index (χ1n) is 8.49. The molecule has 1 aliphatic carbocycles. The Kier molecular flexibility index (Phi) is 7.15. The Balaban J connectivity index is 1.89. The van der Waals surface area contributed by atoms with Crippen molar-refractivity contribution in [1.29, 1.82) is 0 Å². The zero-order valence-corrected chi connectivity index (χ0v) is 15.3. The predicted octanol–water partition coefficient (Wildman–Crippen LogP) is 3.80. The maximum absolute atomic E-state index is 12.2. The molecule has 26 heavy (non-hydrogen) atoms. The lowest BCUT2D eigenvalue weighted by atomic mass is 9.97. The molecule has 1 aromatic carbocycles. The Hall–Kier alpha value is -2.41. The zero-order chi connectivity index (χ0) is 19.1. The minimum atomic E-state index is -1.06. The molecule has 0 unspecified atom stereocenters. The fourth-order valence-electron chi connectivity index (χ4n) is 2.73. The van der Waals surface area contributed by atoms with Gasteiger partial charge in [0.1, 0.15) is 5.56 Å². The molecular weight excluding hydrogens is 360 g/mol. The molecule has 140 valence electrons. The summed E-state index contributed by atoms with van der Waals surface area (Å²) >= 11 is 5.72. The maximum Gasteiger partial charge on any atom is 0.345 e. The van der Waals surface area contributed by atoms with Gasteiger partial charge in [0, 0.05) is 17.6 Å². The molecule has 0 saturated heterocycles. The monoisotopic (exact) mass is 380 g/mol. The molecule has 1 atom stereocenters. The second-order valence-electron chi connectivity index (χ2n) is 6.12. The van der Waals surface area contributed by atoms with E-state index in [9.17, 15) is 19.7 Å². The molecule has 8 heteroatoms. The van der Waals surface area contributed by atoms with E-state index in [-0.39, 0.29) is 10.6 Å². The summed E-state index contributed by atoms with van der Waals surface area (Å²) in [6.07, 6.45) is 6.44. The first-order chi connectivity index (χ1) is 12.4. The summed E-state index contributed by atoms with van der Waals surface area (Å²) in [6, 6.07) is 3.64. The van der Waals surface area contributed by atoms with Crippen molar-refractivity contribution < 1.29 is 19.2 Å². The van der Waals surface area contributed by atoms with Crippen LogP contribution in [0.25, 0.3) is 0 Å². The molecule has 1 aromatic rings. The lowest BCUT2D eigenvalue weighted by Crippen LogP contribution is -2.36.